The summed E-state index contributed by atoms with van der Waals surface area (Å²) in [6, 6.07) is 13.5. The molecule has 3 N–H and O–H groups in total. The summed E-state index contributed by atoms with van der Waals surface area (Å²) in [4.78, 5) is 12.3. The number of ether oxygens (including phenoxy) is 3. The molecule has 0 unspecified atom stereocenters. The fourth-order valence-electron chi connectivity index (χ4n) is 2.55. The van der Waals surface area contributed by atoms with Crippen LogP contribution in [0, 0.1) is 0 Å². The van der Waals surface area contributed by atoms with Crippen molar-refractivity contribution in [2.24, 2.45) is 0 Å². The van der Waals surface area contributed by atoms with E-state index >= 15 is 0 Å². The fraction of sp³-hybridized carbons (Fsp3) is 0.381. The third-order valence-electron chi connectivity index (χ3n) is 3.90. The molecule has 7 heteroatoms. The van der Waals surface area contributed by atoms with E-state index in [9.17, 15) is 9.90 Å². The number of urea groups is 1. The Hall–Kier alpha value is -2.77. The van der Waals surface area contributed by atoms with Crippen LogP contribution in [0.15, 0.2) is 48.5 Å². The molecule has 152 valence electrons. The number of carbonyl (C=O) groups excluding carboxylic acids is 1. The molecule has 0 spiro atoms. The zero-order valence-corrected chi connectivity index (χ0v) is 16.5. The molecule has 2 rings (SSSR count). The Morgan fingerprint density at radius 3 is 2.46 bits per heavy atom. The largest absolute Gasteiger partial charge is 0.493 e. The lowest BCUT2D eigenvalue weighted by Crippen LogP contribution is -2.34. The lowest BCUT2D eigenvalue weighted by Gasteiger charge is -2.18. The smallest absolute Gasteiger partial charge is 0.319 e. The first kappa shape index (κ1) is 21.5. The van der Waals surface area contributed by atoms with Crippen molar-refractivity contribution in [1.29, 1.82) is 0 Å². The highest BCUT2D eigenvalue weighted by Crippen LogP contribution is 2.30. The lowest BCUT2D eigenvalue weighted by atomic mass is 10.1. The molecular formula is C21H28N2O5. The average molecular weight is 388 g/mol. The summed E-state index contributed by atoms with van der Waals surface area (Å²) in [6.45, 7) is 4.53. The van der Waals surface area contributed by atoms with Crippen LogP contribution < -0.4 is 20.1 Å². The van der Waals surface area contributed by atoms with Gasteiger partial charge in [-0.05, 0) is 31.5 Å². The molecule has 28 heavy (non-hydrogen) atoms. The standard InChI is InChI=1S/C21H28N2O5/c1-15(2)27-11-12-28-20-13-17(9-10-19(20)26-3)22-21(25)23-18(14-24)16-7-5-4-6-8-16/h4-10,13,15,18,24H,11-12,14H2,1-3H3,(H2,22,23,25)/t18-/m0/s1. The highest BCUT2D eigenvalue weighted by atomic mass is 16.5. The summed E-state index contributed by atoms with van der Waals surface area (Å²) in [5.41, 5.74) is 1.37. The SMILES string of the molecule is COc1ccc(NC(=O)N[C@@H](CO)c2ccccc2)cc1OCCOC(C)C. The van der Waals surface area contributed by atoms with Gasteiger partial charge in [0.25, 0.3) is 0 Å². The van der Waals surface area contributed by atoms with E-state index in [1.54, 1.807) is 25.3 Å². The van der Waals surface area contributed by atoms with Gasteiger partial charge in [-0.2, -0.15) is 0 Å². The first-order valence-corrected chi connectivity index (χ1v) is 9.19. The van der Waals surface area contributed by atoms with E-state index in [1.165, 1.54) is 0 Å². The van der Waals surface area contributed by atoms with Gasteiger partial charge in [-0.25, -0.2) is 4.79 Å². The van der Waals surface area contributed by atoms with Crippen molar-refractivity contribution in [2.45, 2.75) is 26.0 Å². The van der Waals surface area contributed by atoms with Crippen molar-refractivity contribution in [3.05, 3.63) is 54.1 Å². The predicted molar refractivity (Wildman–Crippen MR) is 108 cm³/mol. The topological polar surface area (TPSA) is 89.1 Å². The van der Waals surface area contributed by atoms with E-state index in [-0.39, 0.29) is 12.7 Å². The van der Waals surface area contributed by atoms with Gasteiger partial charge in [-0.3, -0.25) is 0 Å². The van der Waals surface area contributed by atoms with Gasteiger partial charge in [0.05, 0.1) is 32.5 Å². The number of benzene rings is 2. The Morgan fingerprint density at radius 2 is 1.82 bits per heavy atom. The van der Waals surface area contributed by atoms with Crippen LogP contribution in [-0.4, -0.2) is 44.2 Å². The van der Waals surface area contributed by atoms with E-state index in [1.807, 2.05) is 44.2 Å². The van der Waals surface area contributed by atoms with Crippen molar-refractivity contribution in [3.8, 4) is 11.5 Å². The lowest BCUT2D eigenvalue weighted by molar-refractivity contribution is 0.0547. The van der Waals surface area contributed by atoms with Crippen LogP contribution in [0.4, 0.5) is 10.5 Å². The monoisotopic (exact) mass is 388 g/mol. The second-order valence-electron chi connectivity index (χ2n) is 6.38. The molecule has 0 aliphatic rings. The number of hydrogen-bond donors (Lipinski definition) is 3. The van der Waals surface area contributed by atoms with Crippen molar-refractivity contribution in [3.63, 3.8) is 0 Å². The molecule has 7 nitrogen and oxygen atoms in total. The molecule has 0 aliphatic heterocycles. The van der Waals surface area contributed by atoms with Gasteiger partial charge < -0.3 is 30.0 Å². The number of hydrogen-bond acceptors (Lipinski definition) is 5. The Labute approximate surface area is 165 Å². The van der Waals surface area contributed by atoms with E-state index in [0.717, 1.165) is 5.56 Å². The van der Waals surface area contributed by atoms with Crippen LogP contribution in [0.3, 0.4) is 0 Å². The summed E-state index contributed by atoms with van der Waals surface area (Å²) in [5.74, 6) is 1.07. The van der Waals surface area contributed by atoms with E-state index in [2.05, 4.69) is 10.6 Å². The highest BCUT2D eigenvalue weighted by Gasteiger charge is 2.14. The highest BCUT2D eigenvalue weighted by molar-refractivity contribution is 5.90. The van der Waals surface area contributed by atoms with Gasteiger partial charge in [0.2, 0.25) is 0 Å². The van der Waals surface area contributed by atoms with Crippen LogP contribution in [0.5, 0.6) is 11.5 Å². The first-order valence-electron chi connectivity index (χ1n) is 9.19. The van der Waals surface area contributed by atoms with Gasteiger partial charge in [-0.15, -0.1) is 0 Å². The Kier molecular flexibility index (Phi) is 8.58. The van der Waals surface area contributed by atoms with Crippen LogP contribution in [0.2, 0.25) is 0 Å². The Bertz CT molecular complexity index is 737. The normalized spacial score (nSPS) is 11.8. The third kappa shape index (κ3) is 6.75. The van der Waals surface area contributed by atoms with Crippen molar-refractivity contribution in [1.82, 2.24) is 5.32 Å². The summed E-state index contributed by atoms with van der Waals surface area (Å²) in [5, 5.41) is 15.1. The summed E-state index contributed by atoms with van der Waals surface area (Å²) in [6.07, 6.45) is 0.131. The molecule has 0 radical (unpaired) electrons. The Morgan fingerprint density at radius 1 is 1.07 bits per heavy atom. The van der Waals surface area contributed by atoms with Gasteiger partial charge >= 0.3 is 6.03 Å². The third-order valence-corrected chi connectivity index (χ3v) is 3.90. The van der Waals surface area contributed by atoms with Crippen LogP contribution in [0.25, 0.3) is 0 Å². The second kappa shape index (κ2) is 11.2. The zero-order valence-electron chi connectivity index (χ0n) is 16.5. The van der Waals surface area contributed by atoms with Crippen LogP contribution in [-0.2, 0) is 4.74 Å². The maximum absolute atomic E-state index is 12.3. The number of amides is 2. The van der Waals surface area contributed by atoms with Crippen molar-refractivity contribution < 1.29 is 24.1 Å². The number of aliphatic hydroxyl groups excluding tert-OH is 1. The molecule has 0 aliphatic carbocycles. The summed E-state index contributed by atoms with van der Waals surface area (Å²) >= 11 is 0. The van der Waals surface area contributed by atoms with Gasteiger partial charge in [-0.1, -0.05) is 30.3 Å². The summed E-state index contributed by atoms with van der Waals surface area (Å²) in [7, 11) is 1.55. The predicted octanol–water partition coefficient (Wildman–Crippen LogP) is 3.35. The number of carbonyl (C=O) groups is 1. The maximum atomic E-state index is 12.3. The van der Waals surface area contributed by atoms with Crippen LogP contribution >= 0.6 is 0 Å². The van der Waals surface area contributed by atoms with Gasteiger partial charge in [0.1, 0.15) is 6.61 Å². The number of methoxy groups -OCH3 is 1. The average Bonchev–Trinajstić information content (AvgIpc) is 2.70. The molecule has 0 saturated heterocycles. The second-order valence-corrected chi connectivity index (χ2v) is 6.38. The molecule has 2 aromatic carbocycles. The quantitative estimate of drug-likeness (QED) is 0.543. The zero-order chi connectivity index (χ0) is 20.4. The van der Waals surface area contributed by atoms with E-state index in [0.29, 0.717) is 30.4 Å². The molecule has 0 heterocycles. The van der Waals surface area contributed by atoms with Crippen molar-refractivity contribution >= 4 is 11.7 Å². The first-order chi connectivity index (χ1) is 13.5. The molecule has 0 aromatic heterocycles. The maximum Gasteiger partial charge on any atom is 0.319 e. The molecule has 0 fully saturated rings. The van der Waals surface area contributed by atoms with Gasteiger partial charge in [0.15, 0.2) is 11.5 Å². The minimum atomic E-state index is -0.497. The number of aliphatic hydroxyl groups is 1. The van der Waals surface area contributed by atoms with E-state index < -0.39 is 12.1 Å². The molecule has 2 amide bonds. The summed E-state index contributed by atoms with van der Waals surface area (Å²) < 4.78 is 16.5. The van der Waals surface area contributed by atoms with Crippen LogP contribution in [0.1, 0.15) is 25.5 Å². The molecular weight excluding hydrogens is 360 g/mol. The number of anilines is 1. The molecule has 0 bridgehead atoms. The number of nitrogens with one attached hydrogen (secondary N) is 2. The minimum Gasteiger partial charge on any atom is -0.493 e. The van der Waals surface area contributed by atoms with Gasteiger partial charge in [0, 0.05) is 11.8 Å². The minimum absolute atomic E-state index is 0.131. The van der Waals surface area contributed by atoms with Crippen molar-refractivity contribution in [2.75, 3.05) is 32.2 Å². The molecule has 1 atom stereocenters. The fourth-order valence-corrected chi connectivity index (χ4v) is 2.55. The molecule has 2 aromatic rings. The number of rotatable bonds is 10. The Balaban J connectivity index is 1.98. The molecule has 0 saturated carbocycles. The van der Waals surface area contributed by atoms with E-state index in [4.69, 9.17) is 14.2 Å².